The van der Waals surface area contributed by atoms with Crippen LogP contribution in [0, 0.1) is 0 Å². The van der Waals surface area contributed by atoms with Crippen molar-refractivity contribution < 1.29 is 27.4 Å². The number of ether oxygens (including phenoxy) is 2. The first-order chi connectivity index (χ1) is 9.85. The molecule has 0 unspecified atom stereocenters. The lowest BCUT2D eigenvalue weighted by molar-refractivity contribution is -0.274. The highest BCUT2D eigenvalue weighted by molar-refractivity contribution is 5.88. The Morgan fingerprint density at radius 1 is 1.29 bits per heavy atom. The normalized spacial score (nSPS) is 12.0. The molecule has 0 fully saturated rings. The number of benzene rings is 1. The van der Waals surface area contributed by atoms with Gasteiger partial charge < -0.3 is 14.8 Å². The van der Waals surface area contributed by atoms with Gasteiger partial charge >= 0.3 is 12.3 Å². The lowest BCUT2D eigenvalue weighted by Gasteiger charge is -2.10. The Hall–Kier alpha value is -2.18. The Bertz CT molecular complexity index is 495. The summed E-state index contributed by atoms with van der Waals surface area (Å²) in [7, 11) is 1.30. The summed E-state index contributed by atoms with van der Waals surface area (Å²) in [6, 6.07) is 5.33. The fourth-order valence-electron chi connectivity index (χ4n) is 1.57. The van der Waals surface area contributed by atoms with Crippen LogP contribution in [0.25, 0.3) is 0 Å². The van der Waals surface area contributed by atoms with Crippen LogP contribution in [-0.2, 0) is 9.53 Å². The second-order valence-corrected chi connectivity index (χ2v) is 4.03. The van der Waals surface area contributed by atoms with Crippen LogP contribution in [0.5, 0.6) is 5.75 Å². The molecular formula is C14H16F3NO3. The fourth-order valence-corrected chi connectivity index (χ4v) is 1.57. The fraction of sp³-hybridized carbons (Fsp3) is 0.357. The Labute approximate surface area is 120 Å². The van der Waals surface area contributed by atoms with E-state index in [4.69, 9.17) is 0 Å². The maximum atomic E-state index is 12.0. The molecule has 1 aromatic carbocycles. The van der Waals surface area contributed by atoms with E-state index in [2.05, 4.69) is 14.8 Å². The number of halogens is 3. The minimum Gasteiger partial charge on any atom is -0.466 e. The van der Waals surface area contributed by atoms with E-state index in [9.17, 15) is 18.0 Å². The largest absolute Gasteiger partial charge is 0.573 e. The molecule has 0 atom stereocenters. The number of carbonyl (C=O) groups is 1. The second-order valence-electron chi connectivity index (χ2n) is 4.03. The summed E-state index contributed by atoms with van der Waals surface area (Å²) < 4.78 is 44.3. The monoisotopic (exact) mass is 303 g/mol. The van der Waals surface area contributed by atoms with Gasteiger partial charge in [-0.15, -0.1) is 13.2 Å². The molecule has 4 nitrogen and oxygen atoms in total. The van der Waals surface area contributed by atoms with Gasteiger partial charge in [-0.3, -0.25) is 0 Å². The molecule has 1 aromatic rings. The third-order valence-electron chi connectivity index (χ3n) is 2.57. The predicted octanol–water partition coefficient (Wildman–Crippen LogP) is 3.51. The van der Waals surface area contributed by atoms with Gasteiger partial charge in [-0.2, -0.15) is 0 Å². The third kappa shape index (κ3) is 6.20. The highest BCUT2D eigenvalue weighted by Gasteiger charge is 2.30. The van der Waals surface area contributed by atoms with Crippen LogP contribution in [0.3, 0.4) is 0 Å². The first-order valence-corrected chi connectivity index (χ1v) is 6.22. The average molecular weight is 303 g/mol. The number of carbonyl (C=O) groups excluding carboxylic acids is 1. The molecule has 0 bridgehead atoms. The summed E-state index contributed by atoms with van der Waals surface area (Å²) in [6.45, 7) is 2.18. The first kappa shape index (κ1) is 16.9. The van der Waals surface area contributed by atoms with Crippen molar-refractivity contribution in [1.82, 2.24) is 0 Å². The highest BCUT2D eigenvalue weighted by Crippen LogP contribution is 2.23. The number of hydrogen-bond acceptors (Lipinski definition) is 4. The number of esters is 1. The molecule has 0 aliphatic carbocycles. The summed E-state index contributed by atoms with van der Waals surface area (Å²) >= 11 is 0. The van der Waals surface area contributed by atoms with Crippen LogP contribution in [0.4, 0.5) is 18.9 Å². The van der Waals surface area contributed by atoms with Gasteiger partial charge in [-0.05, 0) is 30.7 Å². The van der Waals surface area contributed by atoms with Crippen LogP contribution in [0.2, 0.25) is 0 Å². The summed E-state index contributed by atoms with van der Waals surface area (Å²) in [6.07, 6.45) is -2.49. The molecule has 21 heavy (non-hydrogen) atoms. The molecule has 0 radical (unpaired) electrons. The van der Waals surface area contributed by atoms with Crippen LogP contribution in [0.1, 0.15) is 13.3 Å². The van der Waals surface area contributed by atoms with Crippen molar-refractivity contribution >= 4 is 11.7 Å². The molecule has 0 heterocycles. The Kier molecular flexibility index (Phi) is 6.08. The number of anilines is 1. The summed E-state index contributed by atoms with van der Waals surface area (Å²) in [5, 5.41) is 2.96. The van der Waals surface area contributed by atoms with Gasteiger partial charge in [0.05, 0.1) is 7.11 Å². The number of alkyl halides is 3. The van der Waals surface area contributed by atoms with Gasteiger partial charge in [0.25, 0.3) is 0 Å². The van der Waals surface area contributed by atoms with E-state index in [0.29, 0.717) is 24.2 Å². The maximum Gasteiger partial charge on any atom is 0.573 e. The molecule has 0 aromatic heterocycles. The lowest BCUT2D eigenvalue weighted by atomic mass is 10.2. The second kappa shape index (κ2) is 7.56. The summed E-state index contributed by atoms with van der Waals surface area (Å²) in [5.41, 5.74) is 1.14. The number of rotatable bonds is 6. The molecule has 0 aliphatic heterocycles. The van der Waals surface area contributed by atoms with E-state index in [-0.39, 0.29) is 5.75 Å². The standard InChI is InChI=1S/C14H16F3NO3/c1-3-10(13(19)20-2)8-9-18-11-4-6-12(7-5-11)21-14(15,16)17/h4-8,18H,3,9H2,1-2H3/b10-8-. The van der Waals surface area contributed by atoms with Gasteiger partial charge in [-0.25, -0.2) is 4.79 Å². The lowest BCUT2D eigenvalue weighted by Crippen LogP contribution is -2.17. The number of nitrogens with one attached hydrogen (secondary N) is 1. The zero-order chi connectivity index (χ0) is 15.9. The Morgan fingerprint density at radius 2 is 1.90 bits per heavy atom. The van der Waals surface area contributed by atoms with Crippen LogP contribution >= 0.6 is 0 Å². The van der Waals surface area contributed by atoms with E-state index in [1.807, 2.05) is 6.92 Å². The molecule has 0 spiro atoms. The van der Waals surface area contributed by atoms with E-state index >= 15 is 0 Å². The molecule has 0 saturated heterocycles. The molecule has 7 heteroatoms. The van der Waals surface area contributed by atoms with Crippen LogP contribution < -0.4 is 10.1 Å². The zero-order valence-corrected chi connectivity index (χ0v) is 11.7. The SMILES string of the molecule is CC/C(=C/CNc1ccc(OC(F)(F)F)cc1)C(=O)OC. The quantitative estimate of drug-likeness (QED) is 0.645. The van der Waals surface area contributed by atoms with Crippen molar-refractivity contribution in [3.63, 3.8) is 0 Å². The van der Waals surface area contributed by atoms with Crippen molar-refractivity contribution in [3.8, 4) is 5.75 Å². The van der Waals surface area contributed by atoms with Crippen molar-refractivity contribution in [2.24, 2.45) is 0 Å². The smallest absolute Gasteiger partial charge is 0.466 e. The van der Waals surface area contributed by atoms with Gasteiger partial charge in [0.1, 0.15) is 5.75 Å². The average Bonchev–Trinajstić information content (AvgIpc) is 2.43. The van der Waals surface area contributed by atoms with Crippen molar-refractivity contribution in [2.45, 2.75) is 19.7 Å². The topological polar surface area (TPSA) is 47.6 Å². The van der Waals surface area contributed by atoms with Crippen LogP contribution in [-0.4, -0.2) is 26.0 Å². The van der Waals surface area contributed by atoms with E-state index in [1.165, 1.54) is 31.4 Å². The highest BCUT2D eigenvalue weighted by atomic mass is 19.4. The van der Waals surface area contributed by atoms with E-state index < -0.39 is 12.3 Å². The minimum atomic E-state index is -4.70. The molecule has 0 amide bonds. The Morgan fingerprint density at radius 3 is 2.38 bits per heavy atom. The summed E-state index contributed by atoms with van der Waals surface area (Å²) in [5.74, 6) is -0.680. The van der Waals surface area contributed by atoms with Crippen molar-refractivity contribution in [2.75, 3.05) is 19.0 Å². The van der Waals surface area contributed by atoms with Gasteiger partial charge in [0.15, 0.2) is 0 Å². The number of methoxy groups -OCH3 is 1. The molecule has 0 aliphatic rings. The molecule has 1 N–H and O–H groups in total. The molecule has 1 rings (SSSR count). The van der Waals surface area contributed by atoms with Gasteiger partial charge in [0, 0.05) is 17.8 Å². The van der Waals surface area contributed by atoms with Gasteiger partial charge in [-0.1, -0.05) is 13.0 Å². The third-order valence-corrected chi connectivity index (χ3v) is 2.57. The van der Waals surface area contributed by atoms with Gasteiger partial charge in [0.2, 0.25) is 0 Å². The minimum absolute atomic E-state index is 0.285. The molecule has 116 valence electrons. The first-order valence-electron chi connectivity index (χ1n) is 6.22. The van der Waals surface area contributed by atoms with Crippen molar-refractivity contribution in [3.05, 3.63) is 35.9 Å². The number of hydrogen-bond donors (Lipinski definition) is 1. The predicted molar refractivity (Wildman–Crippen MR) is 72.0 cm³/mol. The van der Waals surface area contributed by atoms with Crippen molar-refractivity contribution in [1.29, 1.82) is 0 Å². The molecule has 0 saturated carbocycles. The Balaban J connectivity index is 2.57. The van der Waals surface area contributed by atoms with Crippen LogP contribution in [0.15, 0.2) is 35.9 Å². The van der Waals surface area contributed by atoms with E-state index in [1.54, 1.807) is 6.08 Å². The molecular weight excluding hydrogens is 287 g/mol. The van der Waals surface area contributed by atoms with E-state index in [0.717, 1.165) is 0 Å². The zero-order valence-electron chi connectivity index (χ0n) is 11.7. The maximum absolute atomic E-state index is 12.0. The summed E-state index contributed by atoms with van der Waals surface area (Å²) in [4.78, 5) is 11.3.